The lowest BCUT2D eigenvalue weighted by molar-refractivity contribution is -0.132. The highest BCUT2D eigenvalue weighted by Crippen LogP contribution is 2.27. The number of hydrogen-bond acceptors (Lipinski definition) is 3. The maximum Gasteiger partial charge on any atom is 0.232 e. The van der Waals surface area contributed by atoms with Gasteiger partial charge >= 0.3 is 0 Å². The average molecular weight is 408 g/mol. The number of para-hydroxylation sites is 1. The van der Waals surface area contributed by atoms with Gasteiger partial charge in [-0.15, -0.1) is 0 Å². The Kier molecular flexibility index (Phi) is 5.90. The third kappa shape index (κ3) is 4.48. The second-order valence-electron chi connectivity index (χ2n) is 7.45. The monoisotopic (exact) mass is 407 g/mol. The fourth-order valence-corrected chi connectivity index (χ4v) is 4.30. The summed E-state index contributed by atoms with van der Waals surface area (Å²) >= 11 is 1.52. The number of thioether (sulfide) groups is 1. The minimum absolute atomic E-state index is 0.0135. The van der Waals surface area contributed by atoms with Gasteiger partial charge in [-0.2, -0.15) is 11.8 Å². The van der Waals surface area contributed by atoms with Crippen molar-refractivity contribution in [1.29, 1.82) is 0 Å². The Morgan fingerprint density at radius 1 is 1.17 bits per heavy atom. The molecular formula is C23H25N3O2S. The van der Waals surface area contributed by atoms with Crippen LogP contribution in [0.3, 0.4) is 0 Å². The quantitative estimate of drug-likeness (QED) is 0.660. The number of aromatic amines is 1. The summed E-state index contributed by atoms with van der Waals surface area (Å²) in [6.07, 6.45) is 3.61. The summed E-state index contributed by atoms with van der Waals surface area (Å²) in [6.45, 7) is 1.26. The summed E-state index contributed by atoms with van der Waals surface area (Å²) in [7, 11) is 0. The molecule has 2 amide bonds. The van der Waals surface area contributed by atoms with Crippen molar-refractivity contribution in [2.45, 2.75) is 12.8 Å². The first-order valence-corrected chi connectivity index (χ1v) is 11.3. The van der Waals surface area contributed by atoms with Crippen molar-refractivity contribution in [1.82, 2.24) is 9.88 Å². The molecule has 1 saturated heterocycles. The van der Waals surface area contributed by atoms with Gasteiger partial charge in [-0.1, -0.05) is 30.3 Å². The predicted octanol–water partition coefficient (Wildman–Crippen LogP) is 4.38. The van der Waals surface area contributed by atoms with Crippen LogP contribution in [0.15, 0.2) is 54.6 Å². The Labute approximate surface area is 174 Å². The van der Waals surface area contributed by atoms with Crippen molar-refractivity contribution in [3.63, 3.8) is 0 Å². The minimum Gasteiger partial charge on any atom is -0.355 e. The topological polar surface area (TPSA) is 65.2 Å². The summed E-state index contributed by atoms with van der Waals surface area (Å²) in [5.41, 5.74) is 3.92. The number of H-pyrrole nitrogens is 1. The lowest BCUT2D eigenvalue weighted by atomic mass is 9.97. The number of aromatic nitrogens is 1. The van der Waals surface area contributed by atoms with Gasteiger partial charge in [-0.05, 0) is 43.4 Å². The molecule has 4 rings (SSSR count). The molecule has 2 heterocycles. The first-order chi connectivity index (χ1) is 14.1. The maximum absolute atomic E-state index is 12.8. The molecule has 1 aliphatic rings. The van der Waals surface area contributed by atoms with E-state index in [1.165, 1.54) is 11.8 Å². The molecule has 150 valence electrons. The fraction of sp³-hybridized carbons (Fsp3) is 0.304. The van der Waals surface area contributed by atoms with Crippen molar-refractivity contribution >= 4 is 40.2 Å². The van der Waals surface area contributed by atoms with Gasteiger partial charge < -0.3 is 15.2 Å². The number of nitrogens with zero attached hydrogens (tertiary/aromatic N) is 1. The van der Waals surface area contributed by atoms with Gasteiger partial charge in [0.25, 0.3) is 0 Å². The smallest absolute Gasteiger partial charge is 0.232 e. The molecule has 0 saturated carbocycles. The van der Waals surface area contributed by atoms with E-state index in [4.69, 9.17) is 0 Å². The molecule has 6 heteroatoms. The number of anilines is 1. The number of fused-ring (bicyclic) bond motifs is 1. The van der Waals surface area contributed by atoms with Crippen molar-refractivity contribution in [3.8, 4) is 11.3 Å². The molecule has 3 aromatic rings. The average Bonchev–Trinajstić information content (AvgIpc) is 3.19. The molecule has 5 nitrogen and oxygen atoms in total. The van der Waals surface area contributed by atoms with E-state index in [1.54, 1.807) is 0 Å². The Hall–Kier alpha value is -2.73. The summed E-state index contributed by atoms with van der Waals surface area (Å²) < 4.78 is 0. The standard InChI is InChI=1S/C23H25N3O2S/c1-29-15-22(27)26-11-5-8-18(14-26)23(28)24-19-9-4-7-16(12-19)21-13-17-6-2-3-10-20(17)25-21/h2-4,6-7,9-10,12-13,18,25H,5,8,11,14-15H2,1H3,(H,24,28). The first kappa shape index (κ1) is 19.6. The molecule has 0 aliphatic carbocycles. The number of hydrogen-bond donors (Lipinski definition) is 2. The lowest BCUT2D eigenvalue weighted by Crippen LogP contribution is -2.44. The molecule has 2 N–H and O–H groups in total. The number of carbonyl (C=O) groups excluding carboxylic acids is 2. The highest BCUT2D eigenvalue weighted by atomic mass is 32.2. The summed E-state index contributed by atoms with van der Waals surface area (Å²) in [5.74, 6) is 0.420. The van der Waals surface area contributed by atoms with E-state index in [1.807, 2.05) is 47.6 Å². The molecule has 29 heavy (non-hydrogen) atoms. The van der Waals surface area contributed by atoms with Crippen LogP contribution in [0.4, 0.5) is 5.69 Å². The van der Waals surface area contributed by atoms with Gasteiger partial charge in [0.1, 0.15) is 0 Å². The summed E-state index contributed by atoms with van der Waals surface area (Å²) in [5, 5.41) is 4.21. The first-order valence-electron chi connectivity index (χ1n) is 9.90. The number of nitrogens with one attached hydrogen (secondary N) is 2. The largest absolute Gasteiger partial charge is 0.355 e. The van der Waals surface area contributed by atoms with Crippen molar-refractivity contribution in [3.05, 3.63) is 54.6 Å². The zero-order valence-corrected chi connectivity index (χ0v) is 17.3. The molecular weight excluding hydrogens is 382 g/mol. The van der Waals surface area contributed by atoms with Crippen LogP contribution in [-0.4, -0.2) is 46.8 Å². The number of carbonyl (C=O) groups is 2. The number of benzene rings is 2. The van der Waals surface area contributed by atoms with Gasteiger partial charge in [0.05, 0.1) is 11.7 Å². The highest BCUT2D eigenvalue weighted by molar-refractivity contribution is 7.99. The molecule has 2 aromatic carbocycles. The van der Waals surface area contributed by atoms with Crippen molar-refractivity contribution < 1.29 is 9.59 Å². The zero-order valence-electron chi connectivity index (χ0n) is 16.5. The summed E-state index contributed by atoms with van der Waals surface area (Å²) in [4.78, 5) is 30.2. The maximum atomic E-state index is 12.8. The van der Waals surface area contributed by atoms with Gasteiger partial charge in [0.15, 0.2) is 0 Å². The Morgan fingerprint density at radius 3 is 2.86 bits per heavy atom. The van der Waals surface area contributed by atoms with Crippen LogP contribution in [0.5, 0.6) is 0 Å². The van der Waals surface area contributed by atoms with Crippen LogP contribution in [0.1, 0.15) is 12.8 Å². The third-order valence-electron chi connectivity index (χ3n) is 5.38. The molecule has 1 atom stereocenters. The number of amides is 2. The van der Waals surface area contributed by atoms with Crippen LogP contribution in [-0.2, 0) is 9.59 Å². The van der Waals surface area contributed by atoms with Crippen LogP contribution < -0.4 is 5.32 Å². The van der Waals surface area contributed by atoms with Gasteiger partial charge in [-0.25, -0.2) is 0 Å². The van der Waals surface area contributed by atoms with Crippen LogP contribution in [0.2, 0.25) is 0 Å². The second kappa shape index (κ2) is 8.74. The Bertz CT molecular complexity index is 997. The molecule has 0 bridgehead atoms. The van der Waals surface area contributed by atoms with E-state index in [2.05, 4.69) is 28.5 Å². The van der Waals surface area contributed by atoms with Gasteiger partial charge in [0.2, 0.25) is 11.8 Å². The normalized spacial score (nSPS) is 16.7. The van der Waals surface area contributed by atoms with E-state index in [0.717, 1.165) is 47.2 Å². The van der Waals surface area contributed by atoms with E-state index in [0.29, 0.717) is 12.3 Å². The summed E-state index contributed by atoms with van der Waals surface area (Å²) in [6, 6.07) is 18.2. The Balaban J connectivity index is 1.46. The SMILES string of the molecule is CSCC(=O)N1CCCC(C(=O)Nc2cccc(-c3cc4ccccc4[nH]3)c2)C1. The Morgan fingerprint density at radius 2 is 2.03 bits per heavy atom. The molecule has 1 aliphatic heterocycles. The van der Waals surface area contributed by atoms with Crippen molar-refractivity contribution in [2.75, 3.05) is 30.4 Å². The zero-order chi connectivity index (χ0) is 20.2. The molecule has 0 spiro atoms. The van der Waals surface area contributed by atoms with E-state index >= 15 is 0 Å². The van der Waals surface area contributed by atoms with E-state index in [9.17, 15) is 9.59 Å². The third-order valence-corrected chi connectivity index (χ3v) is 5.92. The minimum atomic E-state index is -0.161. The number of likely N-dealkylation sites (tertiary alicyclic amines) is 1. The molecule has 1 fully saturated rings. The predicted molar refractivity (Wildman–Crippen MR) is 120 cm³/mol. The van der Waals surface area contributed by atoms with Gasteiger partial charge in [-0.3, -0.25) is 9.59 Å². The van der Waals surface area contributed by atoms with E-state index in [-0.39, 0.29) is 17.7 Å². The van der Waals surface area contributed by atoms with Gasteiger partial charge in [0, 0.05) is 40.9 Å². The molecule has 0 radical (unpaired) electrons. The van der Waals surface area contributed by atoms with Crippen LogP contribution in [0.25, 0.3) is 22.2 Å². The lowest BCUT2D eigenvalue weighted by Gasteiger charge is -2.32. The molecule has 1 aromatic heterocycles. The number of rotatable bonds is 5. The van der Waals surface area contributed by atoms with Crippen LogP contribution >= 0.6 is 11.8 Å². The van der Waals surface area contributed by atoms with Crippen LogP contribution in [0, 0.1) is 5.92 Å². The van der Waals surface area contributed by atoms with E-state index < -0.39 is 0 Å². The second-order valence-corrected chi connectivity index (χ2v) is 8.32. The number of piperidine rings is 1. The highest BCUT2D eigenvalue weighted by Gasteiger charge is 2.28. The fourth-order valence-electron chi connectivity index (χ4n) is 3.87. The molecule has 1 unspecified atom stereocenters. The van der Waals surface area contributed by atoms with Crippen molar-refractivity contribution in [2.24, 2.45) is 5.92 Å².